The van der Waals surface area contributed by atoms with Gasteiger partial charge in [0.2, 0.25) is 0 Å². The van der Waals surface area contributed by atoms with Crippen molar-refractivity contribution in [2.45, 2.75) is 38.3 Å². The van der Waals surface area contributed by atoms with Crippen molar-refractivity contribution in [2.75, 3.05) is 13.2 Å². The van der Waals surface area contributed by atoms with Gasteiger partial charge in [0.15, 0.2) is 0 Å². The van der Waals surface area contributed by atoms with Crippen LogP contribution in [0, 0.1) is 11.6 Å². The smallest absolute Gasteiger partial charge is 0.131 e. The summed E-state index contributed by atoms with van der Waals surface area (Å²) < 4.78 is 32.0. The number of ether oxygens (including phenoxy) is 1. The quantitative estimate of drug-likeness (QED) is 0.817. The van der Waals surface area contributed by atoms with E-state index in [-0.39, 0.29) is 12.2 Å². The predicted molar refractivity (Wildman–Crippen MR) is 66.3 cm³/mol. The molecule has 0 unspecified atom stereocenters. The fourth-order valence-corrected chi connectivity index (χ4v) is 2.24. The van der Waals surface area contributed by atoms with Crippen LogP contribution in [-0.4, -0.2) is 19.2 Å². The lowest BCUT2D eigenvalue weighted by molar-refractivity contribution is 0.104. The molecule has 0 aliphatic carbocycles. The first-order valence-electron chi connectivity index (χ1n) is 6.51. The Morgan fingerprint density at radius 1 is 1.22 bits per heavy atom. The summed E-state index contributed by atoms with van der Waals surface area (Å²) in [6.45, 7) is 1.60. The molecule has 2 rings (SSSR count). The van der Waals surface area contributed by atoms with E-state index in [1.54, 1.807) is 0 Å². The Bertz CT molecular complexity index is 358. The molecule has 100 valence electrons. The summed E-state index contributed by atoms with van der Waals surface area (Å²) in [6.07, 6.45) is 4.55. The maximum Gasteiger partial charge on any atom is 0.131 e. The van der Waals surface area contributed by atoms with E-state index in [4.69, 9.17) is 4.74 Å². The summed E-state index contributed by atoms with van der Waals surface area (Å²) in [5.41, 5.74) is 0.0223. The van der Waals surface area contributed by atoms with E-state index in [2.05, 4.69) is 5.32 Å². The van der Waals surface area contributed by atoms with Gasteiger partial charge in [-0.2, -0.15) is 0 Å². The topological polar surface area (TPSA) is 21.3 Å². The van der Waals surface area contributed by atoms with E-state index in [9.17, 15) is 8.78 Å². The van der Waals surface area contributed by atoms with Gasteiger partial charge in [0.25, 0.3) is 0 Å². The van der Waals surface area contributed by atoms with Crippen molar-refractivity contribution in [1.82, 2.24) is 5.32 Å². The van der Waals surface area contributed by atoms with E-state index in [1.165, 1.54) is 31.0 Å². The molecule has 1 aliphatic heterocycles. The maximum atomic E-state index is 13.3. The van der Waals surface area contributed by atoms with Gasteiger partial charge in [0.1, 0.15) is 11.6 Å². The third-order valence-electron chi connectivity index (χ3n) is 3.33. The molecule has 0 amide bonds. The van der Waals surface area contributed by atoms with Crippen LogP contribution in [0.3, 0.4) is 0 Å². The lowest BCUT2D eigenvalue weighted by Gasteiger charge is -2.23. The summed E-state index contributed by atoms with van der Waals surface area (Å²) in [7, 11) is 0. The van der Waals surface area contributed by atoms with Gasteiger partial charge in [-0.1, -0.05) is 12.5 Å². The van der Waals surface area contributed by atoms with Crippen molar-refractivity contribution >= 4 is 0 Å². The molecule has 4 heteroatoms. The van der Waals surface area contributed by atoms with Crippen LogP contribution in [0.25, 0.3) is 0 Å². The summed E-state index contributed by atoms with van der Waals surface area (Å²) >= 11 is 0. The highest BCUT2D eigenvalue weighted by molar-refractivity contribution is 5.18. The Balaban J connectivity index is 1.71. The fraction of sp³-hybridized carbons (Fsp3) is 0.571. The number of halogens is 2. The molecule has 1 saturated heterocycles. The van der Waals surface area contributed by atoms with Crippen LogP contribution in [0.4, 0.5) is 8.78 Å². The van der Waals surface area contributed by atoms with Gasteiger partial charge in [-0.3, -0.25) is 0 Å². The molecule has 1 aromatic carbocycles. The van der Waals surface area contributed by atoms with E-state index in [1.807, 2.05) is 0 Å². The van der Waals surface area contributed by atoms with Gasteiger partial charge in [0, 0.05) is 18.2 Å². The molecule has 0 bridgehead atoms. The van der Waals surface area contributed by atoms with Crippen LogP contribution in [0.1, 0.15) is 31.2 Å². The monoisotopic (exact) mass is 255 g/mol. The second-order valence-electron chi connectivity index (χ2n) is 4.69. The second-order valence-corrected chi connectivity index (χ2v) is 4.69. The van der Waals surface area contributed by atoms with Crippen LogP contribution in [-0.2, 0) is 11.3 Å². The molecule has 1 atom stereocenters. The van der Waals surface area contributed by atoms with Crippen LogP contribution < -0.4 is 5.32 Å². The predicted octanol–water partition coefficient (Wildman–Crippen LogP) is 3.01. The SMILES string of the molecule is Fc1cccc(F)c1COCC[C@H]1CCCCN1. The molecule has 1 N–H and O–H groups in total. The largest absolute Gasteiger partial charge is 0.376 e. The van der Waals surface area contributed by atoms with Gasteiger partial charge in [-0.25, -0.2) is 8.78 Å². The highest BCUT2D eigenvalue weighted by Gasteiger charge is 2.12. The van der Waals surface area contributed by atoms with Crippen molar-refractivity contribution in [3.05, 3.63) is 35.4 Å². The molecular weight excluding hydrogens is 236 g/mol. The van der Waals surface area contributed by atoms with Crippen LogP contribution in [0.15, 0.2) is 18.2 Å². The molecular formula is C14H19F2NO. The van der Waals surface area contributed by atoms with Gasteiger partial charge < -0.3 is 10.1 Å². The standard InChI is InChI=1S/C14H19F2NO/c15-13-5-3-6-14(16)12(13)10-18-9-7-11-4-1-2-8-17-11/h3,5-6,11,17H,1-2,4,7-10H2/t11-/m1/s1. The molecule has 0 saturated carbocycles. The molecule has 0 aromatic heterocycles. The number of rotatable bonds is 5. The van der Waals surface area contributed by atoms with Crippen molar-refractivity contribution in [3.8, 4) is 0 Å². The Morgan fingerprint density at radius 2 is 2.00 bits per heavy atom. The first-order chi connectivity index (χ1) is 8.77. The van der Waals surface area contributed by atoms with E-state index in [0.29, 0.717) is 12.6 Å². The van der Waals surface area contributed by atoms with Crippen LogP contribution in [0.5, 0.6) is 0 Å². The Kier molecular flexibility index (Phi) is 5.08. The number of benzene rings is 1. The van der Waals surface area contributed by atoms with Crippen molar-refractivity contribution in [2.24, 2.45) is 0 Å². The van der Waals surface area contributed by atoms with Crippen LogP contribution in [0.2, 0.25) is 0 Å². The minimum atomic E-state index is -0.536. The van der Waals surface area contributed by atoms with Gasteiger partial charge in [0.05, 0.1) is 6.61 Å². The third-order valence-corrected chi connectivity index (χ3v) is 3.33. The fourth-order valence-electron chi connectivity index (χ4n) is 2.24. The molecule has 0 spiro atoms. The molecule has 18 heavy (non-hydrogen) atoms. The van der Waals surface area contributed by atoms with Gasteiger partial charge >= 0.3 is 0 Å². The highest BCUT2D eigenvalue weighted by atomic mass is 19.1. The molecule has 1 aliphatic rings. The molecule has 1 aromatic rings. The lowest BCUT2D eigenvalue weighted by atomic mass is 10.0. The zero-order valence-electron chi connectivity index (χ0n) is 10.4. The lowest BCUT2D eigenvalue weighted by Crippen LogP contribution is -2.34. The molecule has 1 fully saturated rings. The van der Waals surface area contributed by atoms with Crippen molar-refractivity contribution in [3.63, 3.8) is 0 Å². The highest BCUT2D eigenvalue weighted by Crippen LogP contribution is 2.14. The normalized spacial score (nSPS) is 20.0. The van der Waals surface area contributed by atoms with Crippen molar-refractivity contribution in [1.29, 1.82) is 0 Å². The first-order valence-corrected chi connectivity index (χ1v) is 6.51. The van der Waals surface area contributed by atoms with Crippen LogP contribution >= 0.6 is 0 Å². The number of piperidine rings is 1. The zero-order valence-corrected chi connectivity index (χ0v) is 10.4. The zero-order chi connectivity index (χ0) is 12.8. The Hall–Kier alpha value is -1.00. The van der Waals surface area contributed by atoms with E-state index < -0.39 is 11.6 Å². The molecule has 0 radical (unpaired) electrons. The summed E-state index contributed by atoms with van der Waals surface area (Å²) in [5, 5.41) is 3.41. The Labute approximate surface area is 106 Å². The average Bonchev–Trinajstić information content (AvgIpc) is 2.38. The Morgan fingerprint density at radius 3 is 2.67 bits per heavy atom. The van der Waals surface area contributed by atoms with Gasteiger partial charge in [-0.05, 0) is 37.9 Å². The number of nitrogens with one attached hydrogen (secondary N) is 1. The van der Waals surface area contributed by atoms with Gasteiger partial charge in [-0.15, -0.1) is 0 Å². The summed E-state index contributed by atoms with van der Waals surface area (Å²) in [4.78, 5) is 0. The minimum absolute atomic E-state index is 0.00519. The maximum absolute atomic E-state index is 13.3. The third kappa shape index (κ3) is 3.75. The van der Waals surface area contributed by atoms with Crippen molar-refractivity contribution < 1.29 is 13.5 Å². The average molecular weight is 255 g/mol. The molecule has 1 heterocycles. The first kappa shape index (κ1) is 13.4. The number of hydrogen-bond acceptors (Lipinski definition) is 2. The van der Waals surface area contributed by atoms with E-state index in [0.717, 1.165) is 19.4 Å². The summed E-state index contributed by atoms with van der Waals surface area (Å²) in [5.74, 6) is -1.07. The van der Waals surface area contributed by atoms with E-state index >= 15 is 0 Å². The molecule has 2 nitrogen and oxygen atoms in total. The minimum Gasteiger partial charge on any atom is -0.376 e. The second kappa shape index (κ2) is 6.81. The summed E-state index contributed by atoms with van der Waals surface area (Å²) in [6, 6.07) is 4.36. The number of hydrogen-bond donors (Lipinski definition) is 1.